The van der Waals surface area contributed by atoms with Gasteiger partial charge in [0.25, 0.3) is 5.91 Å². The van der Waals surface area contributed by atoms with Crippen molar-refractivity contribution in [2.45, 2.75) is 0 Å². The molecule has 0 atom stereocenters. The van der Waals surface area contributed by atoms with Gasteiger partial charge in [0.2, 0.25) is 0 Å². The number of nitrogens with zero attached hydrogens (tertiary/aromatic N) is 1. The van der Waals surface area contributed by atoms with Crippen LogP contribution in [0.4, 0.5) is 5.69 Å². The van der Waals surface area contributed by atoms with Crippen LogP contribution < -0.4 is 10.1 Å². The van der Waals surface area contributed by atoms with Crippen molar-refractivity contribution in [3.63, 3.8) is 0 Å². The van der Waals surface area contributed by atoms with Crippen molar-refractivity contribution in [1.82, 2.24) is 0 Å². The molecule has 0 unspecified atom stereocenters. The van der Waals surface area contributed by atoms with E-state index in [4.69, 9.17) is 49.5 Å². The molecule has 0 spiro atoms. The normalized spacial score (nSPS) is 9.92. The lowest BCUT2D eigenvalue weighted by molar-refractivity contribution is -0.149. The summed E-state index contributed by atoms with van der Waals surface area (Å²) in [6, 6.07) is 11.0. The third-order valence-corrected chi connectivity index (χ3v) is 3.79. The zero-order valence-corrected chi connectivity index (χ0v) is 15.4. The predicted molar refractivity (Wildman–Crippen MR) is 97.7 cm³/mol. The van der Waals surface area contributed by atoms with Crippen LogP contribution in [0.5, 0.6) is 5.75 Å². The van der Waals surface area contributed by atoms with Gasteiger partial charge in [0.15, 0.2) is 13.2 Å². The Morgan fingerprint density at radius 2 is 1.65 bits per heavy atom. The SMILES string of the molecule is N#Cc1ccc(OCC(=O)OCC(=O)Nc2c(Cl)cc(Cl)cc2Cl)cc1. The molecule has 1 N–H and O–H groups in total. The fraction of sp³-hybridized carbons (Fsp3) is 0.118. The first-order chi connectivity index (χ1) is 12.4. The van der Waals surface area contributed by atoms with Gasteiger partial charge in [-0.2, -0.15) is 5.26 Å². The van der Waals surface area contributed by atoms with E-state index in [0.717, 1.165) is 0 Å². The summed E-state index contributed by atoms with van der Waals surface area (Å²) in [4.78, 5) is 23.5. The largest absolute Gasteiger partial charge is 0.482 e. The number of anilines is 1. The summed E-state index contributed by atoms with van der Waals surface area (Å²) in [5.41, 5.74) is 0.642. The molecule has 0 aliphatic carbocycles. The number of halogens is 3. The lowest BCUT2D eigenvalue weighted by Crippen LogP contribution is -2.24. The molecule has 2 aromatic carbocycles. The number of rotatable bonds is 6. The number of hydrogen-bond donors (Lipinski definition) is 1. The van der Waals surface area contributed by atoms with Crippen molar-refractivity contribution in [2.75, 3.05) is 18.5 Å². The van der Waals surface area contributed by atoms with Gasteiger partial charge in [-0.25, -0.2) is 4.79 Å². The van der Waals surface area contributed by atoms with E-state index < -0.39 is 18.5 Å². The fourth-order valence-corrected chi connectivity index (χ4v) is 2.70. The van der Waals surface area contributed by atoms with Crippen molar-refractivity contribution >= 4 is 52.4 Å². The summed E-state index contributed by atoms with van der Waals surface area (Å²) in [6.45, 7) is -0.924. The fourth-order valence-electron chi connectivity index (χ4n) is 1.79. The Kier molecular flexibility index (Phi) is 7.10. The van der Waals surface area contributed by atoms with E-state index in [1.807, 2.05) is 6.07 Å². The molecule has 0 saturated heterocycles. The average Bonchev–Trinajstić information content (AvgIpc) is 2.61. The van der Waals surface area contributed by atoms with Crippen LogP contribution in [0, 0.1) is 11.3 Å². The molecule has 134 valence electrons. The first-order valence-corrected chi connectivity index (χ1v) is 8.25. The molecule has 0 aromatic heterocycles. The Morgan fingerprint density at radius 3 is 2.23 bits per heavy atom. The highest BCUT2D eigenvalue weighted by Gasteiger charge is 2.13. The minimum atomic E-state index is -0.738. The molecule has 0 aliphatic rings. The Balaban J connectivity index is 1.80. The molecule has 0 radical (unpaired) electrons. The van der Waals surface area contributed by atoms with Gasteiger partial charge in [0.1, 0.15) is 5.75 Å². The molecule has 2 aromatic rings. The first kappa shape index (κ1) is 19.9. The monoisotopic (exact) mass is 412 g/mol. The summed E-state index contributed by atoms with van der Waals surface area (Å²) >= 11 is 17.7. The lowest BCUT2D eigenvalue weighted by atomic mass is 10.2. The number of carbonyl (C=O) groups is 2. The zero-order valence-electron chi connectivity index (χ0n) is 13.1. The van der Waals surface area contributed by atoms with Crippen LogP contribution in [0.25, 0.3) is 0 Å². The second-order valence-corrected chi connectivity index (χ2v) is 6.13. The third-order valence-electron chi connectivity index (χ3n) is 2.98. The van der Waals surface area contributed by atoms with Gasteiger partial charge in [-0.3, -0.25) is 4.79 Å². The molecule has 26 heavy (non-hydrogen) atoms. The van der Waals surface area contributed by atoms with Gasteiger partial charge in [-0.05, 0) is 36.4 Å². The van der Waals surface area contributed by atoms with Crippen LogP contribution in [0.3, 0.4) is 0 Å². The molecule has 9 heteroatoms. The van der Waals surface area contributed by atoms with Crippen LogP contribution in [0.2, 0.25) is 15.1 Å². The number of benzene rings is 2. The van der Waals surface area contributed by atoms with Crippen molar-refractivity contribution in [3.8, 4) is 11.8 Å². The van der Waals surface area contributed by atoms with E-state index in [2.05, 4.69) is 5.32 Å². The van der Waals surface area contributed by atoms with Crippen molar-refractivity contribution in [3.05, 3.63) is 57.0 Å². The summed E-state index contributed by atoms with van der Waals surface area (Å²) < 4.78 is 10.0. The molecular weight excluding hydrogens is 403 g/mol. The number of nitrogens with one attached hydrogen (secondary N) is 1. The van der Waals surface area contributed by atoms with Gasteiger partial charge in [0, 0.05) is 5.02 Å². The zero-order chi connectivity index (χ0) is 19.1. The molecule has 0 fully saturated rings. The molecule has 1 amide bonds. The van der Waals surface area contributed by atoms with Crippen LogP contribution in [-0.4, -0.2) is 25.1 Å². The topological polar surface area (TPSA) is 88.4 Å². The predicted octanol–water partition coefficient (Wildman–Crippen LogP) is 4.08. The van der Waals surface area contributed by atoms with Gasteiger partial charge in [-0.1, -0.05) is 34.8 Å². The van der Waals surface area contributed by atoms with Gasteiger partial charge in [-0.15, -0.1) is 0 Å². The highest BCUT2D eigenvalue weighted by atomic mass is 35.5. The summed E-state index contributed by atoms with van der Waals surface area (Å²) in [7, 11) is 0. The van der Waals surface area contributed by atoms with Crippen LogP contribution in [0.1, 0.15) is 5.56 Å². The van der Waals surface area contributed by atoms with E-state index >= 15 is 0 Å². The van der Waals surface area contributed by atoms with E-state index in [1.165, 1.54) is 12.1 Å². The smallest absolute Gasteiger partial charge is 0.344 e. The standard InChI is InChI=1S/C17H11Cl3N2O4/c18-11-5-13(19)17(14(20)6-11)22-15(23)8-26-16(24)9-25-12-3-1-10(7-21)2-4-12/h1-6H,8-9H2,(H,22,23). The highest BCUT2D eigenvalue weighted by Crippen LogP contribution is 2.33. The van der Waals surface area contributed by atoms with Crippen LogP contribution in [0.15, 0.2) is 36.4 Å². The number of hydrogen-bond acceptors (Lipinski definition) is 5. The molecule has 0 bridgehead atoms. The summed E-state index contributed by atoms with van der Waals surface area (Å²) in [5.74, 6) is -0.967. The van der Waals surface area contributed by atoms with Crippen molar-refractivity contribution in [2.24, 2.45) is 0 Å². The Labute approximate surface area is 164 Å². The van der Waals surface area contributed by atoms with Crippen LogP contribution >= 0.6 is 34.8 Å². The summed E-state index contributed by atoms with van der Waals surface area (Å²) in [5, 5.41) is 11.8. The second-order valence-electron chi connectivity index (χ2n) is 4.88. The molecule has 0 aliphatic heterocycles. The van der Waals surface area contributed by atoms with Gasteiger partial charge in [0.05, 0.1) is 27.4 Å². The Bertz CT molecular complexity index is 840. The lowest BCUT2D eigenvalue weighted by Gasteiger charge is -2.10. The maximum Gasteiger partial charge on any atom is 0.344 e. The molecule has 0 saturated carbocycles. The average molecular weight is 414 g/mol. The van der Waals surface area contributed by atoms with E-state index in [9.17, 15) is 9.59 Å². The maximum atomic E-state index is 11.8. The van der Waals surface area contributed by atoms with Crippen molar-refractivity contribution < 1.29 is 19.1 Å². The first-order valence-electron chi connectivity index (χ1n) is 7.12. The number of nitriles is 1. The van der Waals surface area contributed by atoms with Gasteiger partial charge < -0.3 is 14.8 Å². The summed E-state index contributed by atoms with van der Waals surface area (Å²) in [6.07, 6.45) is 0. The molecule has 2 rings (SSSR count). The van der Waals surface area contributed by atoms with Crippen molar-refractivity contribution in [1.29, 1.82) is 5.26 Å². The van der Waals surface area contributed by atoms with E-state index in [1.54, 1.807) is 24.3 Å². The molecule has 0 heterocycles. The van der Waals surface area contributed by atoms with E-state index in [-0.39, 0.29) is 22.3 Å². The quantitative estimate of drug-likeness (QED) is 0.721. The molecule has 6 nitrogen and oxygen atoms in total. The van der Waals surface area contributed by atoms with Gasteiger partial charge >= 0.3 is 5.97 Å². The molecular formula is C17H11Cl3N2O4. The number of ether oxygens (including phenoxy) is 2. The van der Waals surface area contributed by atoms with E-state index in [0.29, 0.717) is 16.3 Å². The maximum absolute atomic E-state index is 11.8. The Hall–Kier alpha value is -2.46. The third kappa shape index (κ3) is 5.81. The minimum Gasteiger partial charge on any atom is -0.482 e. The number of carbonyl (C=O) groups excluding carboxylic acids is 2. The number of esters is 1. The second kappa shape index (κ2) is 9.30. The highest BCUT2D eigenvalue weighted by molar-refractivity contribution is 6.42. The van der Waals surface area contributed by atoms with Crippen LogP contribution in [-0.2, 0) is 14.3 Å². The number of amides is 1. The Morgan fingerprint density at radius 1 is 1.04 bits per heavy atom. The minimum absolute atomic E-state index is 0.159.